The van der Waals surface area contributed by atoms with Crippen LogP contribution in [0.4, 0.5) is 0 Å². The van der Waals surface area contributed by atoms with E-state index in [-0.39, 0.29) is 11.0 Å². The summed E-state index contributed by atoms with van der Waals surface area (Å²) in [5, 5.41) is 0.212. The zero-order chi connectivity index (χ0) is 13.2. The first-order chi connectivity index (χ1) is 9.05. The molecule has 2 aliphatic carbocycles. The molecule has 4 rings (SSSR count). The van der Waals surface area contributed by atoms with Gasteiger partial charge in [0.2, 0.25) is 0 Å². The second kappa shape index (κ2) is 3.91. The quantitative estimate of drug-likeness (QED) is 0.710. The van der Waals surface area contributed by atoms with E-state index < -0.39 is 0 Å². The van der Waals surface area contributed by atoms with Gasteiger partial charge in [-0.05, 0) is 61.6 Å². The highest BCUT2D eigenvalue weighted by Gasteiger charge is 2.55. The van der Waals surface area contributed by atoms with Crippen LogP contribution >= 0.6 is 11.6 Å². The second-order valence-electron chi connectivity index (χ2n) is 7.14. The highest BCUT2D eigenvalue weighted by atomic mass is 35.5. The maximum Gasteiger partial charge on any atom is 0.123 e. The van der Waals surface area contributed by atoms with Gasteiger partial charge in [-0.2, -0.15) is 0 Å². The number of ether oxygens (including phenoxy) is 1. The van der Waals surface area contributed by atoms with Crippen LogP contribution in [-0.4, -0.2) is 5.60 Å². The van der Waals surface area contributed by atoms with Crippen molar-refractivity contribution in [2.24, 2.45) is 17.8 Å². The highest BCUT2D eigenvalue weighted by molar-refractivity contribution is 6.21. The monoisotopic (exact) mass is 276 g/mol. The second-order valence-corrected chi connectivity index (χ2v) is 7.61. The zero-order valence-corrected chi connectivity index (χ0v) is 12.4. The Labute approximate surface area is 120 Å². The molecule has 1 aromatic carbocycles. The predicted octanol–water partition coefficient (Wildman–Crippen LogP) is 4.73. The number of benzene rings is 1. The van der Waals surface area contributed by atoms with Crippen LogP contribution in [0.3, 0.4) is 0 Å². The third-order valence-corrected chi connectivity index (χ3v) is 5.76. The summed E-state index contributed by atoms with van der Waals surface area (Å²) in [5.74, 6) is 3.63. The van der Waals surface area contributed by atoms with Crippen LogP contribution in [0.15, 0.2) is 18.2 Å². The summed E-state index contributed by atoms with van der Waals surface area (Å²) in [7, 11) is 0. The lowest BCUT2D eigenvalue weighted by molar-refractivity contribution is 0.138. The van der Waals surface area contributed by atoms with Gasteiger partial charge in [-0.1, -0.05) is 18.6 Å². The Morgan fingerprint density at radius 3 is 2.74 bits per heavy atom. The van der Waals surface area contributed by atoms with E-state index >= 15 is 0 Å². The van der Waals surface area contributed by atoms with Gasteiger partial charge in [0.15, 0.2) is 0 Å². The van der Waals surface area contributed by atoms with E-state index in [1.165, 1.54) is 30.4 Å². The average molecular weight is 277 g/mol. The molecule has 2 saturated carbocycles. The van der Waals surface area contributed by atoms with Crippen molar-refractivity contribution in [1.29, 1.82) is 0 Å². The average Bonchev–Trinajstić information content (AvgIpc) is 2.71. The van der Waals surface area contributed by atoms with Crippen molar-refractivity contribution >= 4 is 11.6 Å². The van der Waals surface area contributed by atoms with E-state index in [1.807, 2.05) is 0 Å². The summed E-state index contributed by atoms with van der Waals surface area (Å²) in [6.45, 7) is 4.30. The van der Waals surface area contributed by atoms with Crippen molar-refractivity contribution in [3.8, 4) is 5.75 Å². The first kappa shape index (κ1) is 12.1. The smallest absolute Gasteiger partial charge is 0.123 e. The van der Waals surface area contributed by atoms with Crippen LogP contribution < -0.4 is 4.74 Å². The molecule has 0 spiro atoms. The van der Waals surface area contributed by atoms with E-state index in [2.05, 4.69) is 32.0 Å². The molecule has 1 heterocycles. The van der Waals surface area contributed by atoms with Crippen molar-refractivity contribution in [3.05, 3.63) is 29.3 Å². The molecule has 3 unspecified atom stereocenters. The minimum atomic E-state index is -0.0567. The van der Waals surface area contributed by atoms with Crippen LogP contribution in [0.25, 0.3) is 0 Å². The number of fused-ring (bicyclic) bond motifs is 2. The molecule has 0 N–H and O–H groups in total. The van der Waals surface area contributed by atoms with E-state index in [4.69, 9.17) is 16.3 Å². The van der Waals surface area contributed by atoms with Gasteiger partial charge < -0.3 is 4.74 Å². The van der Waals surface area contributed by atoms with Crippen LogP contribution in [0.5, 0.6) is 5.75 Å². The first-order valence-corrected chi connectivity index (χ1v) is 7.95. The molecule has 19 heavy (non-hydrogen) atoms. The topological polar surface area (TPSA) is 9.23 Å². The molecule has 3 aliphatic rings. The van der Waals surface area contributed by atoms with Crippen molar-refractivity contribution in [1.82, 2.24) is 0 Å². The number of halogens is 1. The predicted molar refractivity (Wildman–Crippen MR) is 77.8 cm³/mol. The summed E-state index contributed by atoms with van der Waals surface area (Å²) >= 11 is 6.74. The molecule has 0 bridgehead atoms. The Hall–Kier alpha value is -0.690. The molecule has 3 atom stereocenters. The molecule has 1 aliphatic heterocycles. The molecule has 1 aromatic rings. The molecule has 0 amide bonds. The minimum absolute atomic E-state index is 0.0567. The van der Waals surface area contributed by atoms with Gasteiger partial charge in [-0.25, -0.2) is 0 Å². The fourth-order valence-corrected chi connectivity index (χ4v) is 4.84. The van der Waals surface area contributed by atoms with Crippen molar-refractivity contribution in [2.75, 3.05) is 0 Å². The lowest BCUT2D eigenvalue weighted by atomic mass is 9.97. The third kappa shape index (κ3) is 1.89. The van der Waals surface area contributed by atoms with E-state index in [1.54, 1.807) is 0 Å². The molecule has 0 saturated heterocycles. The number of rotatable bonds is 2. The Morgan fingerprint density at radius 1 is 1.26 bits per heavy atom. The van der Waals surface area contributed by atoms with Crippen LogP contribution in [0.1, 0.15) is 49.6 Å². The number of hydrogen-bond donors (Lipinski definition) is 0. The lowest BCUT2D eigenvalue weighted by Gasteiger charge is -2.16. The fraction of sp³-hybridized carbons (Fsp3) is 0.647. The van der Waals surface area contributed by atoms with Gasteiger partial charge >= 0.3 is 0 Å². The van der Waals surface area contributed by atoms with Crippen LogP contribution in [-0.2, 0) is 6.42 Å². The molecule has 0 radical (unpaired) electrons. The van der Waals surface area contributed by atoms with Gasteiger partial charge in [-0.3, -0.25) is 0 Å². The summed E-state index contributed by atoms with van der Waals surface area (Å²) in [6.07, 6.45) is 5.22. The fourth-order valence-electron chi connectivity index (χ4n) is 4.33. The summed E-state index contributed by atoms with van der Waals surface area (Å²) in [5.41, 5.74) is 2.58. The normalized spacial score (nSPS) is 35.4. The minimum Gasteiger partial charge on any atom is -0.487 e. The largest absolute Gasteiger partial charge is 0.487 e. The van der Waals surface area contributed by atoms with E-state index in [9.17, 15) is 0 Å². The lowest BCUT2D eigenvalue weighted by Crippen LogP contribution is -2.24. The summed E-state index contributed by atoms with van der Waals surface area (Å²) in [4.78, 5) is 0. The maximum absolute atomic E-state index is 6.74. The molecule has 0 aromatic heterocycles. The molecular weight excluding hydrogens is 256 g/mol. The van der Waals surface area contributed by atoms with Crippen LogP contribution in [0.2, 0.25) is 0 Å². The summed E-state index contributed by atoms with van der Waals surface area (Å²) in [6, 6.07) is 6.58. The first-order valence-electron chi connectivity index (χ1n) is 7.51. The maximum atomic E-state index is 6.74. The van der Waals surface area contributed by atoms with Gasteiger partial charge in [0.1, 0.15) is 11.4 Å². The zero-order valence-electron chi connectivity index (χ0n) is 11.7. The van der Waals surface area contributed by atoms with E-state index in [0.717, 1.165) is 29.9 Å². The Balaban J connectivity index is 1.57. The Morgan fingerprint density at radius 2 is 2.00 bits per heavy atom. The van der Waals surface area contributed by atoms with Crippen molar-refractivity contribution in [3.63, 3.8) is 0 Å². The van der Waals surface area contributed by atoms with Crippen LogP contribution in [0, 0.1) is 17.8 Å². The third-order valence-electron chi connectivity index (χ3n) is 5.22. The Bertz CT molecular complexity index is 512. The number of hydrogen-bond acceptors (Lipinski definition) is 1. The van der Waals surface area contributed by atoms with Gasteiger partial charge in [0, 0.05) is 6.42 Å². The van der Waals surface area contributed by atoms with E-state index in [0.29, 0.717) is 0 Å². The molecule has 2 heteroatoms. The molecule has 1 nitrogen and oxygen atoms in total. The van der Waals surface area contributed by atoms with Gasteiger partial charge in [0.25, 0.3) is 0 Å². The SMILES string of the molecule is CC1(C)Cc2cc(C(Cl)C3C4CCCC43)ccc2O1. The van der Waals surface area contributed by atoms with Crippen molar-refractivity contribution in [2.45, 2.75) is 50.5 Å². The number of alkyl halides is 1. The van der Waals surface area contributed by atoms with Gasteiger partial charge in [-0.15, -0.1) is 11.6 Å². The molecule has 2 fully saturated rings. The standard InChI is InChI=1S/C17H21ClO/c1-17(2)9-11-8-10(6-7-14(11)19-17)16(18)15-12-4-3-5-13(12)15/h6-8,12-13,15-16H,3-5,9H2,1-2H3. The summed E-state index contributed by atoms with van der Waals surface area (Å²) < 4.78 is 5.94. The molecular formula is C17H21ClO. The van der Waals surface area contributed by atoms with Crippen molar-refractivity contribution < 1.29 is 4.74 Å². The van der Waals surface area contributed by atoms with Gasteiger partial charge in [0.05, 0.1) is 5.38 Å². The highest BCUT2D eigenvalue weighted by Crippen LogP contribution is 2.64. The Kier molecular flexibility index (Phi) is 2.49. The molecule has 102 valence electrons.